The number of likely N-dealkylation sites (N-methyl/N-ethyl adjacent to an activating group) is 1. The summed E-state index contributed by atoms with van der Waals surface area (Å²) in [6.45, 7) is 7.84. The number of nitrogens with one attached hydrogen (secondary N) is 2. The van der Waals surface area contributed by atoms with Crippen LogP contribution in [0.4, 0.5) is 11.4 Å². The van der Waals surface area contributed by atoms with Gasteiger partial charge in [-0.15, -0.1) is 0 Å². The van der Waals surface area contributed by atoms with Crippen LogP contribution in [0.5, 0.6) is 0 Å². The van der Waals surface area contributed by atoms with Gasteiger partial charge in [0, 0.05) is 16.4 Å². The molecule has 0 saturated carbocycles. The van der Waals surface area contributed by atoms with Gasteiger partial charge in [-0.05, 0) is 64.1 Å². The van der Waals surface area contributed by atoms with Crippen LogP contribution in [0.1, 0.15) is 23.6 Å². The standard InChI is InChI=1S/C21H26ClN3O2/c1-13-9-14(2)20(15(3)10-13)24-19(26)12-25(5)16(4)21(27)23-18-8-6-7-17(22)11-18/h6-11,16H,12H2,1-5H3,(H,23,27)(H,24,26)/t16-/m1/s1. The van der Waals surface area contributed by atoms with Crippen LogP contribution in [0.25, 0.3) is 0 Å². The molecule has 144 valence electrons. The number of carbonyl (C=O) groups is 2. The lowest BCUT2D eigenvalue weighted by Gasteiger charge is -2.24. The van der Waals surface area contributed by atoms with Gasteiger partial charge in [0.15, 0.2) is 0 Å². The highest BCUT2D eigenvalue weighted by Crippen LogP contribution is 2.22. The number of hydrogen-bond acceptors (Lipinski definition) is 3. The first kappa shape index (κ1) is 20.9. The second kappa shape index (κ2) is 9.02. The van der Waals surface area contributed by atoms with Gasteiger partial charge >= 0.3 is 0 Å². The summed E-state index contributed by atoms with van der Waals surface area (Å²) in [6, 6.07) is 10.6. The van der Waals surface area contributed by atoms with E-state index >= 15 is 0 Å². The van der Waals surface area contributed by atoms with E-state index in [0.717, 1.165) is 22.4 Å². The van der Waals surface area contributed by atoms with Crippen LogP contribution in [-0.4, -0.2) is 36.3 Å². The van der Waals surface area contributed by atoms with Crippen molar-refractivity contribution < 1.29 is 9.59 Å². The number of benzene rings is 2. The van der Waals surface area contributed by atoms with E-state index in [9.17, 15) is 9.59 Å². The first-order chi connectivity index (χ1) is 12.7. The molecule has 0 bridgehead atoms. The Kier molecular flexibility index (Phi) is 6.99. The van der Waals surface area contributed by atoms with Gasteiger partial charge in [0.25, 0.3) is 0 Å². The molecule has 0 saturated heterocycles. The van der Waals surface area contributed by atoms with Crippen molar-refractivity contribution in [1.82, 2.24) is 4.90 Å². The third kappa shape index (κ3) is 5.81. The summed E-state index contributed by atoms with van der Waals surface area (Å²) >= 11 is 5.94. The monoisotopic (exact) mass is 387 g/mol. The van der Waals surface area contributed by atoms with Crippen LogP contribution >= 0.6 is 11.6 Å². The molecule has 0 radical (unpaired) electrons. The third-order valence-corrected chi connectivity index (χ3v) is 4.70. The Morgan fingerprint density at radius 1 is 1.07 bits per heavy atom. The van der Waals surface area contributed by atoms with Crippen molar-refractivity contribution in [2.24, 2.45) is 0 Å². The number of hydrogen-bond donors (Lipinski definition) is 2. The van der Waals surface area contributed by atoms with Crippen LogP contribution in [0.15, 0.2) is 36.4 Å². The fourth-order valence-electron chi connectivity index (χ4n) is 2.93. The molecule has 2 amide bonds. The normalized spacial score (nSPS) is 12.0. The predicted octanol–water partition coefficient (Wildman–Crippen LogP) is 4.16. The molecule has 0 aromatic heterocycles. The summed E-state index contributed by atoms with van der Waals surface area (Å²) < 4.78 is 0. The molecular formula is C21H26ClN3O2. The van der Waals surface area contributed by atoms with Crippen LogP contribution < -0.4 is 10.6 Å². The van der Waals surface area contributed by atoms with E-state index in [4.69, 9.17) is 11.6 Å². The fraction of sp³-hybridized carbons (Fsp3) is 0.333. The molecule has 0 spiro atoms. The van der Waals surface area contributed by atoms with Gasteiger partial charge in [-0.3, -0.25) is 14.5 Å². The highest BCUT2D eigenvalue weighted by Gasteiger charge is 2.21. The maximum atomic E-state index is 12.4. The summed E-state index contributed by atoms with van der Waals surface area (Å²) in [5.74, 6) is -0.356. The Morgan fingerprint density at radius 3 is 2.30 bits per heavy atom. The summed E-state index contributed by atoms with van der Waals surface area (Å²) in [5.41, 5.74) is 4.66. The Labute approximate surface area is 165 Å². The van der Waals surface area contributed by atoms with Gasteiger partial charge in [-0.2, -0.15) is 0 Å². The average molecular weight is 388 g/mol. The number of anilines is 2. The van der Waals surface area contributed by atoms with E-state index in [1.165, 1.54) is 0 Å². The van der Waals surface area contributed by atoms with Crippen molar-refractivity contribution in [3.05, 3.63) is 58.1 Å². The lowest BCUT2D eigenvalue weighted by Crippen LogP contribution is -2.43. The minimum absolute atomic E-state index is 0.108. The molecule has 0 aliphatic rings. The molecule has 0 aliphatic carbocycles. The molecule has 0 unspecified atom stereocenters. The number of nitrogens with zero attached hydrogens (tertiary/aromatic N) is 1. The molecule has 0 fully saturated rings. The smallest absolute Gasteiger partial charge is 0.241 e. The molecule has 2 rings (SSSR count). The third-order valence-electron chi connectivity index (χ3n) is 4.47. The van der Waals surface area contributed by atoms with Gasteiger partial charge in [-0.1, -0.05) is 35.4 Å². The second-order valence-corrected chi connectivity index (χ2v) is 7.35. The Balaban J connectivity index is 1.96. The van der Waals surface area contributed by atoms with Crippen molar-refractivity contribution in [3.63, 3.8) is 0 Å². The van der Waals surface area contributed by atoms with Crippen molar-refractivity contribution in [2.75, 3.05) is 24.2 Å². The van der Waals surface area contributed by atoms with E-state index in [1.54, 1.807) is 43.1 Å². The maximum absolute atomic E-state index is 12.4. The molecule has 0 aliphatic heterocycles. The first-order valence-electron chi connectivity index (χ1n) is 8.81. The highest BCUT2D eigenvalue weighted by atomic mass is 35.5. The molecule has 5 nitrogen and oxygen atoms in total. The molecule has 1 atom stereocenters. The molecular weight excluding hydrogens is 362 g/mol. The number of carbonyl (C=O) groups excluding carboxylic acids is 2. The van der Waals surface area contributed by atoms with Crippen molar-refractivity contribution in [1.29, 1.82) is 0 Å². The molecule has 2 aromatic carbocycles. The van der Waals surface area contributed by atoms with Crippen molar-refractivity contribution in [3.8, 4) is 0 Å². The van der Waals surface area contributed by atoms with Gasteiger partial charge in [0.2, 0.25) is 11.8 Å². The molecule has 2 aromatic rings. The largest absolute Gasteiger partial charge is 0.325 e. The zero-order valence-corrected chi connectivity index (χ0v) is 17.1. The zero-order chi connectivity index (χ0) is 20.1. The predicted molar refractivity (Wildman–Crippen MR) is 111 cm³/mol. The van der Waals surface area contributed by atoms with E-state index in [1.807, 2.05) is 32.9 Å². The lowest BCUT2D eigenvalue weighted by molar-refractivity contribution is -0.122. The van der Waals surface area contributed by atoms with E-state index < -0.39 is 6.04 Å². The quantitative estimate of drug-likeness (QED) is 0.782. The summed E-state index contributed by atoms with van der Waals surface area (Å²) in [5, 5.41) is 6.32. The van der Waals surface area contributed by atoms with E-state index in [0.29, 0.717) is 10.7 Å². The van der Waals surface area contributed by atoms with Crippen LogP contribution in [-0.2, 0) is 9.59 Å². The first-order valence-corrected chi connectivity index (χ1v) is 9.19. The van der Waals surface area contributed by atoms with Gasteiger partial charge in [-0.25, -0.2) is 0 Å². The van der Waals surface area contributed by atoms with Gasteiger partial charge in [0.1, 0.15) is 0 Å². The maximum Gasteiger partial charge on any atom is 0.241 e. The van der Waals surface area contributed by atoms with Crippen molar-refractivity contribution in [2.45, 2.75) is 33.7 Å². The minimum Gasteiger partial charge on any atom is -0.325 e. The molecule has 2 N–H and O–H groups in total. The average Bonchev–Trinajstić information content (AvgIpc) is 2.57. The highest BCUT2D eigenvalue weighted by molar-refractivity contribution is 6.30. The number of halogens is 1. The van der Waals surface area contributed by atoms with E-state index in [-0.39, 0.29) is 18.4 Å². The van der Waals surface area contributed by atoms with E-state index in [2.05, 4.69) is 10.6 Å². The Morgan fingerprint density at radius 2 is 1.70 bits per heavy atom. The fourth-order valence-corrected chi connectivity index (χ4v) is 3.12. The second-order valence-electron chi connectivity index (χ2n) is 6.91. The molecule has 0 heterocycles. The lowest BCUT2D eigenvalue weighted by atomic mass is 10.1. The van der Waals surface area contributed by atoms with Crippen LogP contribution in [0, 0.1) is 20.8 Å². The Hall–Kier alpha value is -2.37. The van der Waals surface area contributed by atoms with Crippen molar-refractivity contribution >= 4 is 34.8 Å². The summed E-state index contributed by atoms with van der Waals surface area (Å²) in [7, 11) is 1.75. The van der Waals surface area contributed by atoms with Gasteiger partial charge < -0.3 is 10.6 Å². The number of rotatable bonds is 6. The summed E-state index contributed by atoms with van der Waals surface area (Å²) in [4.78, 5) is 26.6. The minimum atomic E-state index is -0.477. The SMILES string of the molecule is Cc1cc(C)c(NC(=O)CN(C)[C@H](C)C(=O)Nc2cccc(Cl)c2)c(C)c1. The van der Waals surface area contributed by atoms with Crippen LogP contribution in [0.2, 0.25) is 5.02 Å². The number of amides is 2. The summed E-state index contributed by atoms with van der Waals surface area (Å²) in [6.07, 6.45) is 0. The zero-order valence-electron chi connectivity index (χ0n) is 16.4. The number of aryl methyl sites for hydroxylation is 3. The molecule has 27 heavy (non-hydrogen) atoms. The topological polar surface area (TPSA) is 61.4 Å². The Bertz CT molecular complexity index is 828. The molecule has 6 heteroatoms. The van der Waals surface area contributed by atoms with Crippen LogP contribution in [0.3, 0.4) is 0 Å². The van der Waals surface area contributed by atoms with Gasteiger partial charge in [0.05, 0.1) is 12.6 Å².